The van der Waals surface area contributed by atoms with Gasteiger partial charge in [-0.2, -0.15) is 0 Å². The van der Waals surface area contributed by atoms with Crippen molar-refractivity contribution in [1.29, 1.82) is 0 Å². The maximum atomic E-state index is 10.6. The van der Waals surface area contributed by atoms with E-state index in [9.17, 15) is 4.79 Å². The van der Waals surface area contributed by atoms with Crippen molar-refractivity contribution in [3.05, 3.63) is 18.6 Å². The maximum absolute atomic E-state index is 10.6. The molecular formula is C8H13N3O2. The molecule has 5 nitrogen and oxygen atoms in total. The molecule has 0 aromatic carbocycles. The van der Waals surface area contributed by atoms with Gasteiger partial charge in [0.15, 0.2) is 5.82 Å². The van der Waals surface area contributed by atoms with Crippen LogP contribution in [0.15, 0.2) is 18.6 Å². The molecule has 0 aliphatic rings. The van der Waals surface area contributed by atoms with Gasteiger partial charge in [0, 0.05) is 12.4 Å². The molecule has 1 aromatic heterocycles. The van der Waals surface area contributed by atoms with E-state index in [1.807, 2.05) is 13.8 Å². The molecule has 1 aromatic rings. The highest BCUT2D eigenvalue weighted by atomic mass is 16.3. The quantitative estimate of drug-likeness (QED) is 0.697. The minimum atomic E-state index is -0.545. The second-order valence-electron chi connectivity index (χ2n) is 1.80. The molecule has 72 valence electrons. The second kappa shape index (κ2) is 7.17. The van der Waals surface area contributed by atoms with Gasteiger partial charge in [0.1, 0.15) is 6.61 Å². The van der Waals surface area contributed by atoms with E-state index in [2.05, 4.69) is 15.3 Å². The molecule has 0 atom stereocenters. The van der Waals surface area contributed by atoms with Gasteiger partial charge in [0.25, 0.3) is 5.91 Å². The highest BCUT2D eigenvalue weighted by molar-refractivity contribution is 5.90. The molecule has 5 heteroatoms. The van der Waals surface area contributed by atoms with Crippen molar-refractivity contribution in [3.8, 4) is 0 Å². The fourth-order valence-corrected chi connectivity index (χ4v) is 0.546. The number of carbonyl (C=O) groups excluding carboxylic acids is 1. The number of rotatable bonds is 2. The van der Waals surface area contributed by atoms with Crippen LogP contribution in [0, 0.1) is 0 Å². The normalized spacial score (nSPS) is 8.23. The van der Waals surface area contributed by atoms with Gasteiger partial charge in [-0.25, -0.2) is 4.98 Å². The third kappa shape index (κ3) is 4.86. The molecule has 0 saturated carbocycles. The Balaban J connectivity index is 0.000000671. The van der Waals surface area contributed by atoms with Crippen molar-refractivity contribution in [3.63, 3.8) is 0 Å². The molecule has 0 radical (unpaired) electrons. The maximum Gasteiger partial charge on any atom is 0.251 e. The molecule has 2 N–H and O–H groups in total. The zero-order valence-corrected chi connectivity index (χ0v) is 7.69. The fourth-order valence-electron chi connectivity index (χ4n) is 0.546. The molecule has 1 amide bonds. The van der Waals surface area contributed by atoms with Gasteiger partial charge in [-0.05, 0) is 0 Å². The number of amides is 1. The van der Waals surface area contributed by atoms with Gasteiger partial charge in [-0.15, -0.1) is 0 Å². The molecule has 1 heterocycles. The van der Waals surface area contributed by atoms with E-state index < -0.39 is 12.5 Å². The summed E-state index contributed by atoms with van der Waals surface area (Å²) in [5.41, 5.74) is 0. The topological polar surface area (TPSA) is 75.1 Å². The van der Waals surface area contributed by atoms with Crippen LogP contribution in [0.1, 0.15) is 13.8 Å². The number of carbonyl (C=O) groups is 1. The average molecular weight is 183 g/mol. The van der Waals surface area contributed by atoms with Gasteiger partial charge < -0.3 is 10.4 Å². The smallest absolute Gasteiger partial charge is 0.251 e. The number of aromatic nitrogens is 2. The first-order valence-corrected chi connectivity index (χ1v) is 3.99. The predicted molar refractivity (Wildman–Crippen MR) is 49.1 cm³/mol. The van der Waals surface area contributed by atoms with Crippen LogP contribution in [-0.2, 0) is 4.79 Å². The number of aliphatic hydroxyl groups excluding tert-OH is 1. The van der Waals surface area contributed by atoms with Crippen LogP contribution in [0.2, 0.25) is 0 Å². The Hall–Kier alpha value is -1.49. The van der Waals surface area contributed by atoms with Crippen LogP contribution in [0.5, 0.6) is 0 Å². The molecule has 0 spiro atoms. The SMILES string of the molecule is CC.O=C(CO)Nc1cnccn1. The number of anilines is 1. The summed E-state index contributed by atoms with van der Waals surface area (Å²) in [7, 11) is 0. The van der Waals surface area contributed by atoms with Crippen LogP contribution in [0.25, 0.3) is 0 Å². The van der Waals surface area contributed by atoms with Gasteiger partial charge in [-0.3, -0.25) is 9.78 Å². The average Bonchev–Trinajstić information content (AvgIpc) is 2.22. The van der Waals surface area contributed by atoms with E-state index in [0.29, 0.717) is 5.82 Å². The zero-order valence-electron chi connectivity index (χ0n) is 7.69. The Morgan fingerprint density at radius 3 is 2.69 bits per heavy atom. The van der Waals surface area contributed by atoms with E-state index in [0.717, 1.165) is 0 Å². The highest BCUT2D eigenvalue weighted by Gasteiger charge is 1.98. The first kappa shape index (κ1) is 11.5. The van der Waals surface area contributed by atoms with Gasteiger partial charge in [-0.1, -0.05) is 13.8 Å². The number of hydrogen-bond acceptors (Lipinski definition) is 4. The Bertz CT molecular complexity index is 238. The minimum absolute atomic E-state index is 0.339. The molecule has 1 rings (SSSR count). The summed E-state index contributed by atoms with van der Waals surface area (Å²) in [6.45, 7) is 3.45. The Morgan fingerprint density at radius 2 is 2.23 bits per heavy atom. The predicted octanol–water partition coefficient (Wildman–Crippen LogP) is 0.434. The number of nitrogens with one attached hydrogen (secondary N) is 1. The van der Waals surface area contributed by atoms with Crippen LogP contribution in [0.3, 0.4) is 0 Å². The Morgan fingerprint density at radius 1 is 1.54 bits per heavy atom. The van der Waals surface area contributed by atoms with Crippen LogP contribution in [0.4, 0.5) is 5.82 Å². The number of hydrogen-bond donors (Lipinski definition) is 2. The van der Waals surface area contributed by atoms with Crippen molar-refractivity contribution in [2.45, 2.75) is 13.8 Å². The third-order valence-corrected chi connectivity index (χ3v) is 0.974. The first-order valence-electron chi connectivity index (χ1n) is 3.99. The molecule has 0 aliphatic carbocycles. The lowest BCUT2D eigenvalue weighted by Crippen LogP contribution is -2.16. The van der Waals surface area contributed by atoms with Crippen molar-refractivity contribution >= 4 is 11.7 Å². The Kier molecular flexibility index (Phi) is 6.35. The van der Waals surface area contributed by atoms with E-state index in [-0.39, 0.29) is 0 Å². The highest BCUT2D eigenvalue weighted by Crippen LogP contribution is 1.95. The third-order valence-electron chi connectivity index (χ3n) is 0.974. The lowest BCUT2D eigenvalue weighted by molar-refractivity contribution is -0.118. The summed E-state index contributed by atoms with van der Waals surface area (Å²) in [6.07, 6.45) is 4.34. The second-order valence-corrected chi connectivity index (χ2v) is 1.80. The molecule has 13 heavy (non-hydrogen) atoms. The first-order chi connectivity index (χ1) is 6.33. The summed E-state index contributed by atoms with van der Waals surface area (Å²) < 4.78 is 0. The zero-order chi connectivity index (χ0) is 10.1. The van der Waals surface area contributed by atoms with Gasteiger partial charge >= 0.3 is 0 Å². The molecule has 0 saturated heterocycles. The summed E-state index contributed by atoms with van der Waals surface area (Å²) in [5, 5.41) is 10.7. The van der Waals surface area contributed by atoms with Crippen molar-refractivity contribution < 1.29 is 9.90 Å². The van der Waals surface area contributed by atoms with Gasteiger partial charge in [0.2, 0.25) is 0 Å². The van der Waals surface area contributed by atoms with Crippen molar-refractivity contribution in [1.82, 2.24) is 9.97 Å². The molecule has 0 aliphatic heterocycles. The van der Waals surface area contributed by atoms with E-state index in [4.69, 9.17) is 5.11 Å². The largest absolute Gasteiger partial charge is 0.387 e. The molecular weight excluding hydrogens is 170 g/mol. The van der Waals surface area contributed by atoms with E-state index in [1.165, 1.54) is 18.6 Å². The van der Waals surface area contributed by atoms with Crippen LogP contribution < -0.4 is 5.32 Å². The lowest BCUT2D eigenvalue weighted by Gasteiger charge is -1.98. The lowest BCUT2D eigenvalue weighted by atomic mass is 10.6. The van der Waals surface area contributed by atoms with Gasteiger partial charge in [0.05, 0.1) is 6.20 Å². The standard InChI is InChI=1S/C6H7N3O2.C2H6/c10-4-6(11)9-5-3-7-1-2-8-5;1-2/h1-3,10H,4H2,(H,8,9,11);1-2H3. The number of nitrogens with zero attached hydrogens (tertiary/aromatic N) is 2. The van der Waals surface area contributed by atoms with Crippen LogP contribution in [-0.4, -0.2) is 27.6 Å². The number of aliphatic hydroxyl groups is 1. The Labute approximate surface area is 76.8 Å². The van der Waals surface area contributed by atoms with Crippen molar-refractivity contribution in [2.24, 2.45) is 0 Å². The summed E-state index contributed by atoms with van der Waals surface area (Å²) in [5.74, 6) is -0.156. The molecule has 0 unspecified atom stereocenters. The van der Waals surface area contributed by atoms with E-state index >= 15 is 0 Å². The minimum Gasteiger partial charge on any atom is -0.387 e. The summed E-state index contributed by atoms with van der Waals surface area (Å²) in [6, 6.07) is 0. The fraction of sp³-hybridized carbons (Fsp3) is 0.375. The molecule has 0 fully saturated rings. The van der Waals surface area contributed by atoms with Crippen LogP contribution >= 0.6 is 0 Å². The molecule has 0 bridgehead atoms. The summed E-state index contributed by atoms with van der Waals surface area (Å²) >= 11 is 0. The van der Waals surface area contributed by atoms with E-state index in [1.54, 1.807) is 0 Å². The monoisotopic (exact) mass is 183 g/mol. The summed E-state index contributed by atoms with van der Waals surface area (Å²) in [4.78, 5) is 18.0. The van der Waals surface area contributed by atoms with Crippen molar-refractivity contribution in [2.75, 3.05) is 11.9 Å².